The average molecular weight is 594 g/mol. The number of hydrogen-bond acceptors (Lipinski definition) is 7. The molecule has 2 heterocycles. The van der Waals surface area contributed by atoms with Crippen LogP contribution in [0.4, 0.5) is 5.69 Å². The van der Waals surface area contributed by atoms with Crippen LogP contribution in [0.3, 0.4) is 0 Å². The van der Waals surface area contributed by atoms with Gasteiger partial charge in [-0.05, 0) is 53.2 Å². The highest BCUT2D eigenvalue weighted by Gasteiger charge is 2.14. The van der Waals surface area contributed by atoms with E-state index < -0.39 is 4.92 Å². The molecule has 2 aromatic heterocycles. The van der Waals surface area contributed by atoms with E-state index in [-0.39, 0.29) is 17.1 Å². The third-order valence-corrected chi connectivity index (χ3v) is 5.76. The van der Waals surface area contributed by atoms with Crippen molar-refractivity contribution in [2.45, 2.75) is 6.92 Å². The predicted octanol–water partition coefficient (Wildman–Crippen LogP) is 5.86. The summed E-state index contributed by atoms with van der Waals surface area (Å²) in [4.78, 5) is 31.7. The van der Waals surface area contributed by atoms with Crippen LogP contribution in [-0.4, -0.2) is 25.8 Å². The third-order valence-electron chi connectivity index (χ3n) is 4.46. The second-order valence-electron chi connectivity index (χ2n) is 6.70. The number of pyridine rings is 1. The van der Waals surface area contributed by atoms with Crippen molar-refractivity contribution < 1.29 is 9.66 Å². The van der Waals surface area contributed by atoms with Crippen molar-refractivity contribution in [3.05, 3.63) is 94.5 Å². The van der Waals surface area contributed by atoms with Crippen molar-refractivity contribution in [1.29, 1.82) is 0 Å². The molecule has 0 atom stereocenters. The maximum absolute atomic E-state index is 13.0. The second kappa shape index (κ2) is 9.38. The fourth-order valence-corrected chi connectivity index (χ4v) is 4.22. The molecule has 0 radical (unpaired) electrons. The van der Waals surface area contributed by atoms with Gasteiger partial charge in [0.1, 0.15) is 12.0 Å². The highest BCUT2D eigenvalue weighted by atomic mass is 79.9. The second-order valence-corrected chi connectivity index (χ2v) is 8.91. The highest BCUT2D eigenvalue weighted by Crippen LogP contribution is 2.35. The van der Waals surface area contributed by atoms with Crippen LogP contribution in [0.15, 0.2) is 67.5 Å². The minimum atomic E-state index is -0.552. The summed E-state index contributed by atoms with van der Waals surface area (Å²) in [6.45, 7) is 1.67. The van der Waals surface area contributed by atoms with Crippen molar-refractivity contribution in [1.82, 2.24) is 14.6 Å². The zero-order valence-electron chi connectivity index (χ0n) is 16.7. The number of ether oxygens (including phenoxy) is 1. The molecule has 33 heavy (non-hydrogen) atoms. The third kappa shape index (κ3) is 4.95. The van der Waals surface area contributed by atoms with E-state index in [0.717, 1.165) is 10.7 Å². The number of benzene rings is 2. The SMILES string of the molecule is Cc1nc2ccc(Br)cc2c(=O)n1N=Cc1cc(Cl)cc(Br)c1Oc1ccc([N+](=O)[O-])cn1. The summed E-state index contributed by atoms with van der Waals surface area (Å²) in [7, 11) is 0. The van der Waals surface area contributed by atoms with Crippen LogP contribution >= 0.6 is 43.5 Å². The van der Waals surface area contributed by atoms with Gasteiger partial charge in [0.25, 0.3) is 11.2 Å². The van der Waals surface area contributed by atoms with E-state index in [2.05, 4.69) is 46.9 Å². The van der Waals surface area contributed by atoms with Crippen LogP contribution < -0.4 is 10.3 Å². The van der Waals surface area contributed by atoms with E-state index in [0.29, 0.717) is 37.5 Å². The maximum Gasteiger partial charge on any atom is 0.287 e. The number of aryl methyl sites for hydroxylation is 1. The largest absolute Gasteiger partial charge is 0.437 e. The van der Waals surface area contributed by atoms with E-state index in [4.69, 9.17) is 16.3 Å². The smallest absolute Gasteiger partial charge is 0.287 e. The first-order valence-corrected chi connectivity index (χ1v) is 11.2. The van der Waals surface area contributed by atoms with Gasteiger partial charge in [0.15, 0.2) is 5.75 Å². The van der Waals surface area contributed by atoms with Gasteiger partial charge < -0.3 is 4.74 Å². The Morgan fingerprint density at radius 2 is 2.00 bits per heavy atom. The molecule has 0 unspecified atom stereocenters. The molecule has 12 heteroatoms. The molecular weight excluding hydrogens is 582 g/mol. The van der Waals surface area contributed by atoms with Crippen LogP contribution in [0, 0.1) is 17.0 Å². The number of fused-ring (bicyclic) bond motifs is 1. The average Bonchev–Trinajstić information content (AvgIpc) is 2.76. The monoisotopic (exact) mass is 591 g/mol. The summed E-state index contributed by atoms with van der Waals surface area (Å²) < 4.78 is 8.25. The van der Waals surface area contributed by atoms with Crippen molar-refractivity contribution in [3.8, 4) is 11.6 Å². The Bertz CT molecular complexity index is 1490. The summed E-state index contributed by atoms with van der Waals surface area (Å²) in [5.41, 5.74) is 0.501. The number of aromatic nitrogens is 3. The Kier molecular flexibility index (Phi) is 6.54. The van der Waals surface area contributed by atoms with Gasteiger partial charge in [-0.3, -0.25) is 14.9 Å². The van der Waals surface area contributed by atoms with Crippen molar-refractivity contribution in [2.24, 2.45) is 5.10 Å². The van der Waals surface area contributed by atoms with E-state index in [9.17, 15) is 14.9 Å². The molecule has 0 saturated carbocycles. The first kappa shape index (κ1) is 23.0. The molecule has 4 aromatic rings. The molecule has 0 fully saturated rings. The summed E-state index contributed by atoms with van der Waals surface area (Å²) in [6, 6.07) is 11.1. The Morgan fingerprint density at radius 3 is 2.70 bits per heavy atom. The fourth-order valence-electron chi connectivity index (χ4n) is 2.94. The van der Waals surface area contributed by atoms with Gasteiger partial charge in [0.05, 0.1) is 26.5 Å². The van der Waals surface area contributed by atoms with Crippen LogP contribution in [0.1, 0.15) is 11.4 Å². The van der Waals surface area contributed by atoms with E-state index >= 15 is 0 Å². The lowest BCUT2D eigenvalue weighted by molar-refractivity contribution is -0.385. The van der Waals surface area contributed by atoms with Gasteiger partial charge in [-0.2, -0.15) is 9.78 Å². The van der Waals surface area contributed by atoms with Gasteiger partial charge in [0, 0.05) is 27.2 Å². The zero-order valence-corrected chi connectivity index (χ0v) is 20.6. The normalized spacial score (nSPS) is 11.3. The Morgan fingerprint density at radius 1 is 1.21 bits per heavy atom. The van der Waals surface area contributed by atoms with Crippen LogP contribution in [0.2, 0.25) is 5.02 Å². The molecule has 0 bridgehead atoms. The van der Waals surface area contributed by atoms with Gasteiger partial charge in [0.2, 0.25) is 5.88 Å². The molecule has 0 spiro atoms. The van der Waals surface area contributed by atoms with Crippen LogP contribution in [-0.2, 0) is 0 Å². The molecule has 0 N–H and O–H groups in total. The van der Waals surface area contributed by atoms with Crippen molar-refractivity contribution in [2.75, 3.05) is 0 Å². The number of nitrogens with zero attached hydrogens (tertiary/aromatic N) is 5. The molecule has 0 aliphatic heterocycles. The number of hydrogen-bond donors (Lipinski definition) is 0. The molecule has 4 rings (SSSR count). The number of halogens is 3. The summed E-state index contributed by atoms with van der Waals surface area (Å²) in [5.74, 6) is 0.835. The quantitative estimate of drug-likeness (QED) is 0.163. The first-order valence-electron chi connectivity index (χ1n) is 9.23. The Hall–Kier alpha value is -3.15. The molecule has 0 saturated heterocycles. The summed E-state index contributed by atoms with van der Waals surface area (Å²) in [6.07, 6.45) is 2.51. The molecule has 0 aliphatic rings. The lowest BCUT2D eigenvalue weighted by atomic mass is 10.2. The molecule has 9 nitrogen and oxygen atoms in total. The van der Waals surface area contributed by atoms with E-state index in [1.165, 1.54) is 23.0 Å². The van der Waals surface area contributed by atoms with Gasteiger partial charge in [-0.1, -0.05) is 27.5 Å². The summed E-state index contributed by atoms with van der Waals surface area (Å²) >= 11 is 13.0. The summed E-state index contributed by atoms with van der Waals surface area (Å²) in [5, 5.41) is 16.0. The Balaban J connectivity index is 1.76. The van der Waals surface area contributed by atoms with E-state index in [1.807, 2.05) is 0 Å². The molecule has 2 aromatic carbocycles. The maximum atomic E-state index is 13.0. The first-order chi connectivity index (χ1) is 15.7. The number of nitro groups is 1. The van der Waals surface area contributed by atoms with Crippen LogP contribution in [0.5, 0.6) is 11.6 Å². The lowest BCUT2D eigenvalue weighted by Gasteiger charge is -2.11. The van der Waals surface area contributed by atoms with Crippen molar-refractivity contribution in [3.63, 3.8) is 0 Å². The molecule has 0 amide bonds. The molecule has 0 aliphatic carbocycles. The predicted molar refractivity (Wildman–Crippen MR) is 132 cm³/mol. The Labute approximate surface area is 208 Å². The fraction of sp³-hybridized carbons (Fsp3) is 0.0476. The van der Waals surface area contributed by atoms with Gasteiger partial charge in [-0.25, -0.2) is 9.97 Å². The molecule has 166 valence electrons. The minimum absolute atomic E-state index is 0.129. The number of rotatable bonds is 5. The topological polar surface area (TPSA) is 113 Å². The standard InChI is InChI=1S/C21H12Br2ClN5O4/c1-11-27-18-4-2-13(22)7-16(18)21(30)28(11)26-9-12-6-14(24)8-17(23)20(12)33-19-5-3-15(10-25-19)29(31)32/h2-10H,1H3. The van der Waals surface area contributed by atoms with Gasteiger partial charge >= 0.3 is 0 Å². The van der Waals surface area contributed by atoms with Gasteiger partial charge in [-0.15, -0.1) is 0 Å². The molecular formula is C21H12Br2ClN5O4. The lowest BCUT2D eigenvalue weighted by Crippen LogP contribution is -2.20. The van der Waals surface area contributed by atoms with E-state index in [1.54, 1.807) is 37.3 Å². The van der Waals surface area contributed by atoms with Crippen LogP contribution in [0.25, 0.3) is 10.9 Å². The minimum Gasteiger partial charge on any atom is -0.437 e. The zero-order chi connectivity index (χ0) is 23.7. The van der Waals surface area contributed by atoms with Crippen molar-refractivity contribution >= 4 is 66.3 Å². The highest BCUT2D eigenvalue weighted by molar-refractivity contribution is 9.10.